The van der Waals surface area contributed by atoms with Gasteiger partial charge in [-0.1, -0.05) is 13.0 Å². The van der Waals surface area contributed by atoms with Crippen LogP contribution in [0.1, 0.15) is 35.7 Å². The van der Waals surface area contributed by atoms with Gasteiger partial charge in [0.15, 0.2) is 0 Å². The van der Waals surface area contributed by atoms with Crippen molar-refractivity contribution < 1.29 is 13.2 Å². The number of sulfonamides is 1. The minimum absolute atomic E-state index is 0.0556. The highest BCUT2D eigenvalue weighted by atomic mass is 32.2. The van der Waals surface area contributed by atoms with Crippen LogP contribution < -0.4 is 5.14 Å². The molecule has 1 aromatic carbocycles. The molecule has 1 amide bonds. The number of amides is 1. The lowest BCUT2D eigenvalue weighted by Gasteiger charge is -2.16. The second kappa shape index (κ2) is 5.30. The first-order valence-electron chi connectivity index (χ1n) is 6.38. The number of nitrogens with two attached hydrogens (primary N) is 1. The molecule has 0 aromatic heterocycles. The average molecular weight is 282 g/mol. The average Bonchev–Trinajstić information content (AvgIpc) is 2.90. The van der Waals surface area contributed by atoms with E-state index >= 15 is 0 Å². The van der Waals surface area contributed by atoms with Crippen molar-refractivity contribution in [3.8, 4) is 0 Å². The highest BCUT2D eigenvalue weighted by molar-refractivity contribution is 7.89. The van der Waals surface area contributed by atoms with Gasteiger partial charge in [0.2, 0.25) is 10.0 Å². The van der Waals surface area contributed by atoms with Gasteiger partial charge < -0.3 is 4.90 Å². The van der Waals surface area contributed by atoms with Gasteiger partial charge in [-0.25, -0.2) is 13.6 Å². The second-order valence-electron chi connectivity index (χ2n) is 4.72. The van der Waals surface area contributed by atoms with Gasteiger partial charge in [-0.2, -0.15) is 0 Å². The fourth-order valence-corrected chi connectivity index (χ4v) is 3.22. The summed E-state index contributed by atoms with van der Waals surface area (Å²) in [5.41, 5.74) is 1.03. The molecule has 0 bridgehead atoms. The molecule has 1 heterocycles. The molecular weight excluding hydrogens is 264 g/mol. The summed E-state index contributed by atoms with van der Waals surface area (Å²) in [6.07, 6.45) is 2.56. The van der Waals surface area contributed by atoms with Crippen LogP contribution in [0.15, 0.2) is 23.1 Å². The molecule has 0 unspecified atom stereocenters. The molecule has 0 atom stereocenters. The van der Waals surface area contributed by atoms with Gasteiger partial charge in [-0.3, -0.25) is 4.79 Å². The van der Waals surface area contributed by atoms with E-state index in [4.69, 9.17) is 5.14 Å². The van der Waals surface area contributed by atoms with E-state index in [1.807, 2.05) is 6.92 Å². The molecule has 1 aliphatic rings. The van der Waals surface area contributed by atoms with E-state index in [1.165, 1.54) is 6.07 Å². The highest BCUT2D eigenvalue weighted by Gasteiger charge is 2.22. The van der Waals surface area contributed by atoms with Gasteiger partial charge in [0.25, 0.3) is 5.91 Å². The number of aryl methyl sites for hydroxylation is 1. The third kappa shape index (κ3) is 2.96. The Bertz CT molecular complexity index is 590. The number of carbonyl (C=O) groups is 1. The van der Waals surface area contributed by atoms with Crippen molar-refractivity contribution in [1.82, 2.24) is 4.90 Å². The number of hydrogen-bond acceptors (Lipinski definition) is 3. The Hall–Kier alpha value is -1.40. The summed E-state index contributed by atoms with van der Waals surface area (Å²) in [6, 6.07) is 4.74. The van der Waals surface area contributed by atoms with E-state index in [0.717, 1.165) is 25.9 Å². The van der Waals surface area contributed by atoms with Crippen molar-refractivity contribution in [2.75, 3.05) is 13.1 Å². The lowest BCUT2D eigenvalue weighted by molar-refractivity contribution is 0.0792. The van der Waals surface area contributed by atoms with E-state index in [-0.39, 0.29) is 10.8 Å². The Balaban J connectivity index is 2.40. The topological polar surface area (TPSA) is 80.5 Å². The van der Waals surface area contributed by atoms with E-state index in [9.17, 15) is 13.2 Å². The van der Waals surface area contributed by atoms with Crippen molar-refractivity contribution in [3.05, 3.63) is 29.3 Å². The molecule has 104 valence electrons. The molecule has 2 N–H and O–H groups in total. The molecule has 0 radical (unpaired) electrons. The first kappa shape index (κ1) is 14.0. The van der Waals surface area contributed by atoms with Crippen molar-refractivity contribution >= 4 is 15.9 Å². The lowest BCUT2D eigenvalue weighted by Crippen LogP contribution is -2.28. The minimum Gasteiger partial charge on any atom is -0.339 e. The summed E-state index contributed by atoms with van der Waals surface area (Å²) >= 11 is 0. The van der Waals surface area contributed by atoms with Crippen LogP contribution in [-0.2, 0) is 16.4 Å². The van der Waals surface area contributed by atoms with Gasteiger partial charge >= 0.3 is 0 Å². The molecular formula is C13H18N2O3S. The molecule has 2 rings (SSSR count). The molecule has 6 heteroatoms. The Morgan fingerprint density at radius 1 is 1.32 bits per heavy atom. The maximum absolute atomic E-state index is 12.2. The molecule has 0 saturated carbocycles. The third-order valence-electron chi connectivity index (χ3n) is 3.39. The van der Waals surface area contributed by atoms with E-state index in [2.05, 4.69) is 0 Å². The Kier molecular flexibility index (Phi) is 3.91. The lowest BCUT2D eigenvalue weighted by atomic mass is 10.1. The van der Waals surface area contributed by atoms with Crippen molar-refractivity contribution in [2.45, 2.75) is 31.1 Å². The summed E-state index contributed by atoms with van der Waals surface area (Å²) in [5.74, 6) is -0.120. The van der Waals surface area contributed by atoms with Crippen LogP contribution in [-0.4, -0.2) is 32.3 Å². The highest BCUT2D eigenvalue weighted by Crippen LogP contribution is 2.20. The van der Waals surface area contributed by atoms with E-state index in [0.29, 0.717) is 17.5 Å². The third-order valence-corrected chi connectivity index (χ3v) is 4.39. The zero-order chi connectivity index (χ0) is 14.0. The van der Waals surface area contributed by atoms with Crippen LogP contribution in [0.4, 0.5) is 0 Å². The zero-order valence-electron chi connectivity index (χ0n) is 10.9. The first-order valence-corrected chi connectivity index (χ1v) is 7.93. The minimum atomic E-state index is -3.80. The SMILES string of the molecule is CCc1ccc(C(=O)N2CCCC2)cc1S(N)(=O)=O. The monoisotopic (exact) mass is 282 g/mol. The Labute approximate surface area is 113 Å². The molecule has 1 aliphatic heterocycles. The van der Waals surface area contributed by atoms with Gasteiger partial charge in [0.05, 0.1) is 4.90 Å². The summed E-state index contributed by atoms with van der Waals surface area (Å²) in [5, 5.41) is 5.20. The van der Waals surface area contributed by atoms with E-state index in [1.54, 1.807) is 17.0 Å². The van der Waals surface area contributed by atoms with Gasteiger partial charge in [-0.15, -0.1) is 0 Å². The smallest absolute Gasteiger partial charge is 0.253 e. The van der Waals surface area contributed by atoms with Gasteiger partial charge in [-0.05, 0) is 37.0 Å². The van der Waals surface area contributed by atoms with Crippen molar-refractivity contribution in [1.29, 1.82) is 0 Å². The van der Waals surface area contributed by atoms with E-state index < -0.39 is 10.0 Å². The quantitative estimate of drug-likeness (QED) is 0.902. The predicted octanol–water partition coefficient (Wildman–Crippen LogP) is 1.13. The van der Waals surface area contributed by atoms with Crippen LogP contribution in [0.5, 0.6) is 0 Å². The van der Waals surface area contributed by atoms with Crippen molar-refractivity contribution in [3.63, 3.8) is 0 Å². The number of rotatable bonds is 3. The van der Waals surface area contributed by atoms with Crippen molar-refractivity contribution in [2.24, 2.45) is 5.14 Å². The number of nitrogens with zero attached hydrogens (tertiary/aromatic N) is 1. The molecule has 0 spiro atoms. The Morgan fingerprint density at radius 2 is 1.95 bits per heavy atom. The van der Waals surface area contributed by atoms with Crippen LogP contribution in [0, 0.1) is 0 Å². The number of likely N-dealkylation sites (tertiary alicyclic amines) is 1. The zero-order valence-corrected chi connectivity index (χ0v) is 11.7. The van der Waals surface area contributed by atoms with Gasteiger partial charge in [0.1, 0.15) is 0 Å². The maximum atomic E-state index is 12.2. The molecule has 1 aromatic rings. The van der Waals surface area contributed by atoms with Crippen LogP contribution in [0.3, 0.4) is 0 Å². The molecule has 5 nitrogen and oxygen atoms in total. The molecule has 1 fully saturated rings. The summed E-state index contributed by atoms with van der Waals surface area (Å²) < 4.78 is 23.1. The number of benzene rings is 1. The normalized spacial score (nSPS) is 15.8. The largest absolute Gasteiger partial charge is 0.339 e. The fourth-order valence-electron chi connectivity index (χ4n) is 2.35. The van der Waals surface area contributed by atoms with Crippen LogP contribution >= 0.6 is 0 Å². The second-order valence-corrected chi connectivity index (χ2v) is 6.25. The summed E-state index contributed by atoms with van der Waals surface area (Å²) in [6.45, 7) is 3.32. The number of hydrogen-bond donors (Lipinski definition) is 1. The maximum Gasteiger partial charge on any atom is 0.253 e. The van der Waals surface area contributed by atoms with Crippen LogP contribution in [0.25, 0.3) is 0 Å². The van der Waals surface area contributed by atoms with Gasteiger partial charge in [0, 0.05) is 18.7 Å². The summed E-state index contributed by atoms with van der Waals surface area (Å²) in [4.78, 5) is 14.0. The standard InChI is InChI=1S/C13H18N2O3S/c1-2-10-5-6-11(9-12(10)19(14,17)18)13(16)15-7-3-4-8-15/h5-6,9H,2-4,7-8H2,1H3,(H2,14,17,18). The molecule has 19 heavy (non-hydrogen) atoms. The summed E-state index contributed by atoms with van der Waals surface area (Å²) in [7, 11) is -3.80. The predicted molar refractivity (Wildman–Crippen MR) is 72.3 cm³/mol. The Morgan fingerprint density at radius 3 is 2.47 bits per heavy atom. The molecule has 0 aliphatic carbocycles. The number of carbonyl (C=O) groups excluding carboxylic acids is 1. The fraction of sp³-hybridized carbons (Fsp3) is 0.462. The first-order chi connectivity index (χ1) is 8.93. The number of primary sulfonamides is 1. The molecule has 1 saturated heterocycles. The van der Waals surface area contributed by atoms with Crippen LogP contribution in [0.2, 0.25) is 0 Å².